The molecular formula is C20H25N3O5. The molecule has 1 amide bonds. The first-order valence-electron chi connectivity index (χ1n) is 8.87. The first-order chi connectivity index (χ1) is 13.0. The number of nitrogens with one attached hydrogen (secondary N) is 1. The zero-order valence-corrected chi connectivity index (χ0v) is 16.4. The summed E-state index contributed by atoms with van der Waals surface area (Å²) in [5, 5.41) is 11.9. The van der Waals surface area contributed by atoms with Crippen LogP contribution in [-0.4, -0.2) is 26.1 Å². The summed E-state index contributed by atoms with van der Waals surface area (Å²) >= 11 is 0. The second-order valence-corrected chi connectivity index (χ2v) is 7.71. The van der Waals surface area contributed by atoms with E-state index in [0.717, 1.165) is 14.7 Å². The van der Waals surface area contributed by atoms with Crippen molar-refractivity contribution < 1.29 is 14.7 Å². The summed E-state index contributed by atoms with van der Waals surface area (Å²) in [6.45, 7) is 5.90. The zero-order chi connectivity index (χ0) is 21.1. The van der Waals surface area contributed by atoms with Crippen LogP contribution < -0.4 is 16.6 Å². The quantitative estimate of drug-likeness (QED) is 0.773. The summed E-state index contributed by atoms with van der Waals surface area (Å²) in [4.78, 5) is 47.1. The monoisotopic (exact) mass is 387 g/mol. The maximum atomic E-state index is 12.4. The highest BCUT2D eigenvalue weighted by atomic mass is 16.4. The summed E-state index contributed by atoms with van der Waals surface area (Å²) in [5.74, 6) is -1.57. The first kappa shape index (κ1) is 21.1. The molecule has 0 aliphatic heterocycles. The largest absolute Gasteiger partial charge is 0.481 e. The number of hydrogen-bond acceptors (Lipinski definition) is 4. The molecule has 2 N–H and O–H groups in total. The van der Waals surface area contributed by atoms with E-state index < -0.39 is 29.2 Å². The minimum Gasteiger partial charge on any atom is -0.481 e. The van der Waals surface area contributed by atoms with Crippen molar-refractivity contribution >= 4 is 11.9 Å². The Labute approximate surface area is 162 Å². The SMILES string of the molecule is Cn1c(=O)ccn(CC(=O)NC(CC(=O)O)c2ccc(C(C)(C)C)cc2)c1=O. The molecule has 1 aromatic carbocycles. The highest BCUT2D eigenvalue weighted by Gasteiger charge is 2.20. The van der Waals surface area contributed by atoms with Gasteiger partial charge in [-0.2, -0.15) is 0 Å². The fourth-order valence-electron chi connectivity index (χ4n) is 2.77. The third-order valence-corrected chi connectivity index (χ3v) is 4.47. The van der Waals surface area contributed by atoms with Gasteiger partial charge < -0.3 is 10.4 Å². The van der Waals surface area contributed by atoms with E-state index in [1.807, 2.05) is 12.1 Å². The van der Waals surface area contributed by atoms with Crippen molar-refractivity contribution in [3.05, 3.63) is 68.5 Å². The molecule has 150 valence electrons. The Bertz CT molecular complexity index is 981. The number of amides is 1. The first-order valence-corrected chi connectivity index (χ1v) is 8.87. The fourth-order valence-corrected chi connectivity index (χ4v) is 2.77. The van der Waals surface area contributed by atoms with Gasteiger partial charge in [0, 0.05) is 19.3 Å². The number of aromatic nitrogens is 2. The normalized spacial score (nSPS) is 12.4. The van der Waals surface area contributed by atoms with Gasteiger partial charge in [-0.1, -0.05) is 45.0 Å². The van der Waals surface area contributed by atoms with Gasteiger partial charge in [0.05, 0.1) is 12.5 Å². The van der Waals surface area contributed by atoms with E-state index in [-0.39, 0.29) is 18.4 Å². The Kier molecular flexibility index (Phi) is 6.23. The number of aliphatic carboxylic acids is 1. The number of carbonyl (C=O) groups excluding carboxylic acids is 1. The van der Waals surface area contributed by atoms with Crippen molar-refractivity contribution in [1.29, 1.82) is 0 Å². The lowest BCUT2D eigenvalue weighted by atomic mass is 9.86. The average Bonchev–Trinajstić information content (AvgIpc) is 2.61. The second kappa shape index (κ2) is 8.24. The molecule has 0 bridgehead atoms. The van der Waals surface area contributed by atoms with Crippen molar-refractivity contribution in [2.45, 2.75) is 45.2 Å². The Morgan fingerprint density at radius 3 is 2.25 bits per heavy atom. The molecule has 0 radical (unpaired) electrons. The molecule has 0 aliphatic carbocycles. The minimum absolute atomic E-state index is 0.0471. The summed E-state index contributed by atoms with van der Waals surface area (Å²) in [7, 11) is 1.32. The smallest absolute Gasteiger partial charge is 0.331 e. The lowest BCUT2D eigenvalue weighted by Gasteiger charge is -2.22. The van der Waals surface area contributed by atoms with Crippen molar-refractivity contribution in [3.8, 4) is 0 Å². The van der Waals surface area contributed by atoms with Gasteiger partial charge in [-0.05, 0) is 16.5 Å². The molecule has 0 aliphatic rings. The van der Waals surface area contributed by atoms with Crippen LogP contribution in [0.5, 0.6) is 0 Å². The van der Waals surface area contributed by atoms with E-state index in [1.54, 1.807) is 12.1 Å². The van der Waals surface area contributed by atoms with E-state index in [1.165, 1.54) is 19.3 Å². The van der Waals surface area contributed by atoms with Crippen LogP contribution in [0.2, 0.25) is 0 Å². The van der Waals surface area contributed by atoms with Crippen LogP contribution in [0.1, 0.15) is 44.4 Å². The van der Waals surface area contributed by atoms with Crippen LogP contribution in [0.4, 0.5) is 0 Å². The van der Waals surface area contributed by atoms with Gasteiger partial charge in [-0.15, -0.1) is 0 Å². The molecule has 28 heavy (non-hydrogen) atoms. The molecule has 1 unspecified atom stereocenters. The van der Waals surface area contributed by atoms with Crippen molar-refractivity contribution in [2.24, 2.45) is 7.05 Å². The lowest BCUT2D eigenvalue weighted by Crippen LogP contribution is -2.41. The Balaban J connectivity index is 2.21. The van der Waals surface area contributed by atoms with Crippen molar-refractivity contribution in [2.75, 3.05) is 0 Å². The van der Waals surface area contributed by atoms with E-state index >= 15 is 0 Å². The summed E-state index contributed by atoms with van der Waals surface area (Å²) in [6, 6.07) is 7.87. The van der Waals surface area contributed by atoms with E-state index in [9.17, 15) is 24.3 Å². The van der Waals surface area contributed by atoms with Crippen LogP contribution in [-0.2, 0) is 28.6 Å². The van der Waals surface area contributed by atoms with Crippen LogP contribution in [0.25, 0.3) is 0 Å². The van der Waals surface area contributed by atoms with Crippen LogP contribution in [0, 0.1) is 0 Å². The zero-order valence-electron chi connectivity index (χ0n) is 16.4. The van der Waals surface area contributed by atoms with Gasteiger partial charge >= 0.3 is 11.7 Å². The Morgan fingerprint density at radius 2 is 1.71 bits per heavy atom. The highest BCUT2D eigenvalue weighted by molar-refractivity contribution is 5.77. The molecule has 2 aromatic rings. The predicted molar refractivity (Wildman–Crippen MR) is 104 cm³/mol. The molecule has 2 rings (SSSR count). The maximum absolute atomic E-state index is 12.4. The number of carboxylic acid groups (broad SMARTS) is 1. The molecule has 8 heteroatoms. The number of rotatable bonds is 6. The molecule has 8 nitrogen and oxygen atoms in total. The maximum Gasteiger partial charge on any atom is 0.331 e. The molecular weight excluding hydrogens is 362 g/mol. The molecule has 1 atom stereocenters. The average molecular weight is 387 g/mol. The third kappa shape index (κ3) is 5.18. The van der Waals surface area contributed by atoms with Gasteiger partial charge in [-0.25, -0.2) is 4.79 Å². The van der Waals surface area contributed by atoms with E-state index in [2.05, 4.69) is 26.1 Å². The summed E-state index contributed by atoms with van der Waals surface area (Å²) in [6.07, 6.45) is 0.956. The standard InChI is InChI=1S/C20H25N3O5/c1-20(2,3)14-7-5-13(6-8-14)15(11-18(26)27)21-16(24)12-23-10-9-17(25)22(4)19(23)28/h5-10,15H,11-12H2,1-4H3,(H,21,24)(H,26,27). The van der Waals surface area contributed by atoms with E-state index in [4.69, 9.17) is 0 Å². The summed E-state index contributed by atoms with van der Waals surface area (Å²) in [5.41, 5.74) is 0.621. The lowest BCUT2D eigenvalue weighted by molar-refractivity contribution is -0.137. The van der Waals surface area contributed by atoms with Crippen molar-refractivity contribution in [1.82, 2.24) is 14.5 Å². The number of carbonyl (C=O) groups is 2. The molecule has 0 saturated carbocycles. The molecule has 1 heterocycles. The Morgan fingerprint density at radius 1 is 1.11 bits per heavy atom. The second-order valence-electron chi connectivity index (χ2n) is 7.71. The van der Waals surface area contributed by atoms with Gasteiger partial charge in [0.2, 0.25) is 5.91 Å². The number of benzene rings is 1. The van der Waals surface area contributed by atoms with Gasteiger partial charge in [0.1, 0.15) is 6.54 Å². The Hall–Kier alpha value is -3.16. The fraction of sp³-hybridized carbons (Fsp3) is 0.400. The minimum atomic E-state index is -1.05. The summed E-state index contributed by atoms with van der Waals surface area (Å²) < 4.78 is 1.99. The number of nitrogens with zero attached hydrogens (tertiary/aromatic N) is 2. The van der Waals surface area contributed by atoms with E-state index in [0.29, 0.717) is 5.56 Å². The highest BCUT2D eigenvalue weighted by Crippen LogP contribution is 2.25. The van der Waals surface area contributed by atoms with Crippen LogP contribution >= 0.6 is 0 Å². The van der Waals surface area contributed by atoms with Gasteiger partial charge in [0.25, 0.3) is 5.56 Å². The molecule has 1 aromatic heterocycles. The topological polar surface area (TPSA) is 110 Å². The molecule has 0 spiro atoms. The predicted octanol–water partition coefficient (Wildman–Crippen LogP) is 1.18. The third-order valence-electron chi connectivity index (χ3n) is 4.47. The number of hydrogen-bond donors (Lipinski definition) is 2. The molecule has 0 saturated heterocycles. The molecule has 0 fully saturated rings. The van der Waals surface area contributed by atoms with Crippen LogP contribution in [0.15, 0.2) is 46.1 Å². The van der Waals surface area contributed by atoms with Crippen molar-refractivity contribution in [3.63, 3.8) is 0 Å². The van der Waals surface area contributed by atoms with Gasteiger partial charge in [0.15, 0.2) is 0 Å². The van der Waals surface area contributed by atoms with Gasteiger partial charge in [-0.3, -0.25) is 23.5 Å². The van der Waals surface area contributed by atoms with Crippen LogP contribution in [0.3, 0.4) is 0 Å². The number of carboxylic acids is 1.